The molecule has 9 heteroatoms. The molecule has 3 N–H and O–H groups in total. The quantitative estimate of drug-likeness (QED) is 0.579. The lowest BCUT2D eigenvalue weighted by Gasteiger charge is -2.27. The standard InChI is InChI=1S/C7H11N3O5S/c8-6(11)5-2-1-4-3-9(5)7(12)10(4)16(13,14)15/h4-5H,1-3H2,(H2,8,11)(H,13,14,15)/t4-,5+/m1/s1. The normalized spacial score (nSPS) is 29.7. The zero-order valence-corrected chi connectivity index (χ0v) is 9.05. The van der Waals surface area contributed by atoms with Gasteiger partial charge in [-0.3, -0.25) is 9.35 Å². The number of carbonyl (C=O) groups is 2. The van der Waals surface area contributed by atoms with Gasteiger partial charge in [0.1, 0.15) is 6.04 Å². The monoisotopic (exact) mass is 249 g/mol. The van der Waals surface area contributed by atoms with Crippen LogP contribution in [-0.2, 0) is 15.1 Å². The highest BCUT2D eigenvalue weighted by molar-refractivity contribution is 7.84. The van der Waals surface area contributed by atoms with Crippen molar-refractivity contribution < 1.29 is 22.6 Å². The average molecular weight is 249 g/mol. The first-order valence-corrected chi connectivity index (χ1v) is 6.09. The predicted molar refractivity (Wildman–Crippen MR) is 51.5 cm³/mol. The molecule has 0 saturated carbocycles. The third-order valence-corrected chi connectivity index (χ3v) is 3.85. The van der Waals surface area contributed by atoms with Gasteiger partial charge in [0.15, 0.2) is 0 Å². The second-order valence-electron chi connectivity index (χ2n) is 3.86. The number of piperidine rings is 1. The molecule has 2 saturated heterocycles. The number of carbonyl (C=O) groups excluding carboxylic acids is 2. The number of primary amides is 1. The van der Waals surface area contributed by atoms with Crippen LogP contribution in [0, 0.1) is 0 Å². The van der Waals surface area contributed by atoms with Crippen molar-refractivity contribution in [3.63, 3.8) is 0 Å². The van der Waals surface area contributed by atoms with Gasteiger partial charge in [-0.05, 0) is 12.8 Å². The molecule has 2 aliphatic heterocycles. The van der Waals surface area contributed by atoms with Crippen LogP contribution in [-0.4, -0.2) is 52.7 Å². The van der Waals surface area contributed by atoms with Gasteiger partial charge in [-0.2, -0.15) is 12.7 Å². The molecule has 3 amide bonds. The highest BCUT2D eigenvalue weighted by Gasteiger charge is 2.50. The van der Waals surface area contributed by atoms with Crippen molar-refractivity contribution in [2.24, 2.45) is 5.73 Å². The molecule has 0 aromatic heterocycles. The maximum Gasteiger partial charge on any atom is 0.363 e. The van der Waals surface area contributed by atoms with Crippen LogP contribution >= 0.6 is 0 Å². The Kier molecular flexibility index (Phi) is 2.31. The van der Waals surface area contributed by atoms with E-state index in [9.17, 15) is 18.0 Å². The van der Waals surface area contributed by atoms with Gasteiger partial charge in [-0.1, -0.05) is 0 Å². The molecular formula is C7H11N3O5S. The third-order valence-electron chi connectivity index (χ3n) is 2.90. The van der Waals surface area contributed by atoms with Gasteiger partial charge in [-0.25, -0.2) is 4.79 Å². The zero-order chi connectivity index (χ0) is 12.1. The molecule has 2 aliphatic rings. The van der Waals surface area contributed by atoms with Crippen molar-refractivity contribution in [3.8, 4) is 0 Å². The lowest BCUT2D eigenvalue weighted by molar-refractivity contribution is -0.122. The predicted octanol–water partition coefficient (Wildman–Crippen LogP) is -1.46. The first-order valence-electron chi connectivity index (χ1n) is 4.69. The Hall–Kier alpha value is -1.35. The van der Waals surface area contributed by atoms with E-state index in [-0.39, 0.29) is 6.54 Å². The van der Waals surface area contributed by atoms with E-state index in [4.69, 9.17) is 10.3 Å². The van der Waals surface area contributed by atoms with Crippen molar-refractivity contribution in [2.75, 3.05) is 6.54 Å². The summed E-state index contributed by atoms with van der Waals surface area (Å²) in [5.41, 5.74) is 5.11. The topological polar surface area (TPSA) is 121 Å². The fourth-order valence-corrected chi connectivity index (χ4v) is 3.07. The van der Waals surface area contributed by atoms with Crippen molar-refractivity contribution >= 4 is 22.2 Å². The fourth-order valence-electron chi connectivity index (χ4n) is 2.22. The van der Waals surface area contributed by atoms with Gasteiger partial charge in [0, 0.05) is 6.54 Å². The number of amides is 3. The highest BCUT2D eigenvalue weighted by Crippen LogP contribution is 2.31. The van der Waals surface area contributed by atoms with E-state index in [1.807, 2.05) is 0 Å². The molecule has 2 atom stereocenters. The summed E-state index contributed by atoms with van der Waals surface area (Å²) in [5.74, 6) is -0.663. The van der Waals surface area contributed by atoms with Crippen LogP contribution in [0.3, 0.4) is 0 Å². The van der Waals surface area contributed by atoms with Crippen LogP contribution in [0.2, 0.25) is 0 Å². The molecule has 0 aromatic carbocycles. The third kappa shape index (κ3) is 1.52. The Labute approximate surface area is 91.9 Å². The summed E-state index contributed by atoms with van der Waals surface area (Å²) in [6.45, 7) is 0.103. The van der Waals surface area contributed by atoms with E-state index >= 15 is 0 Å². The van der Waals surface area contributed by atoms with Crippen LogP contribution in [0.25, 0.3) is 0 Å². The first-order chi connectivity index (χ1) is 7.32. The fraction of sp³-hybridized carbons (Fsp3) is 0.714. The molecule has 0 spiro atoms. The van der Waals surface area contributed by atoms with E-state index in [1.54, 1.807) is 0 Å². The second kappa shape index (κ2) is 3.32. The Morgan fingerprint density at radius 2 is 2.06 bits per heavy atom. The van der Waals surface area contributed by atoms with Crippen LogP contribution < -0.4 is 5.73 Å². The summed E-state index contributed by atoms with van der Waals surface area (Å²) in [7, 11) is -4.57. The van der Waals surface area contributed by atoms with Gasteiger partial charge >= 0.3 is 16.3 Å². The summed E-state index contributed by atoms with van der Waals surface area (Å²) in [6.07, 6.45) is 0.646. The Balaban J connectivity index is 2.33. The number of rotatable bonds is 2. The summed E-state index contributed by atoms with van der Waals surface area (Å²) in [4.78, 5) is 23.8. The van der Waals surface area contributed by atoms with E-state index < -0.39 is 34.3 Å². The highest BCUT2D eigenvalue weighted by atomic mass is 32.2. The van der Waals surface area contributed by atoms with Crippen LogP contribution in [0.5, 0.6) is 0 Å². The van der Waals surface area contributed by atoms with Gasteiger partial charge < -0.3 is 10.6 Å². The number of fused-ring (bicyclic) bond motifs is 2. The lowest BCUT2D eigenvalue weighted by atomic mass is 10.0. The van der Waals surface area contributed by atoms with Gasteiger partial charge in [0.05, 0.1) is 6.04 Å². The molecule has 2 rings (SSSR count). The minimum absolute atomic E-state index is 0.103. The van der Waals surface area contributed by atoms with E-state index in [0.29, 0.717) is 17.1 Å². The Bertz CT molecular complexity index is 447. The van der Waals surface area contributed by atoms with Crippen molar-refractivity contribution in [2.45, 2.75) is 24.9 Å². The lowest BCUT2D eigenvalue weighted by Crippen LogP contribution is -2.48. The van der Waals surface area contributed by atoms with Crippen molar-refractivity contribution in [1.29, 1.82) is 0 Å². The zero-order valence-electron chi connectivity index (χ0n) is 8.24. The molecule has 16 heavy (non-hydrogen) atoms. The molecular weight excluding hydrogens is 238 g/mol. The van der Waals surface area contributed by atoms with Crippen molar-refractivity contribution in [3.05, 3.63) is 0 Å². The van der Waals surface area contributed by atoms with E-state index in [2.05, 4.69) is 0 Å². The molecule has 2 bridgehead atoms. The van der Waals surface area contributed by atoms with Crippen LogP contribution in [0.4, 0.5) is 4.79 Å². The molecule has 2 fully saturated rings. The Morgan fingerprint density at radius 1 is 1.44 bits per heavy atom. The maximum atomic E-state index is 11.7. The second-order valence-corrected chi connectivity index (χ2v) is 5.15. The smallest absolute Gasteiger partial charge is 0.363 e. The number of nitrogens with zero attached hydrogens (tertiary/aromatic N) is 2. The minimum atomic E-state index is -4.57. The SMILES string of the molecule is NC(=O)[C@@H]1CC[C@@H]2CN1C(=O)N2S(=O)(=O)O. The largest absolute Gasteiger partial charge is 0.368 e. The van der Waals surface area contributed by atoms with E-state index in [0.717, 1.165) is 4.90 Å². The summed E-state index contributed by atoms with van der Waals surface area (Å²) >= 11 is 0. The number of urea groups is 1. The molecule has 8 nitrogen and oxygen atoms in total. The van der Waals surface area contributed by atoms with Gasteiger partial charge in [0.2, 0.25) is 5.91 Å². The molecule has 0 unspecified atom stereocenters. The van der Waals surface area contributed by atoms with Crippen molar-refractivity contribution in [1.82, 2.24) is 9.21 Å². The van der Waals surface area contributed by atoms with Crippen LogP contribution in [0.15, 0.2) is 0 Å². The molecule has 0 aromatic rings. The number of nitrogens with two attached hydrogens (primary N) is 1. The van der Waals surface area contributed by atoms with Gasteiger partial charge in [0.25, 0.3) is 0 Å². The molecule has 0 radical (unpaired) electrons. The van der Waals surface area contributed by atoms with Gasteiger partial charge in [-0.15, -0.1) is 0 Å². The first kappa shape index (κ1) is 11.1. The molecule has 90 valence electrons. The number of hydrogen-bond acceptors (Lipinski definition) is 4. The summed E-state index contributed by atoms with van der Waals surface area (Å²) in [6, 6.07) is -2.26. The molecule has 2 heterocycles. The van der Waals surface area contributed by atoms with Crippen LogP contribution in [0.1, 0.15) is 12.8 Å². The summed E-state index contributed by atoms with van der Waals surface area (Å²) in [5, 5.41) is 0. The minimum Gasteiger partial charge on any atom is -0.368 e. The maximum absolute atomic E-state index is 11.7. The van der Waals surface area contributed by atoms with E-state index in [1.165, 1.54) is 0 Å². The Morgan fingerprint density at radius 3 is 2.56 bits per heavy atom. The summed E-state index contributed by atoms with van der Waals surface area (Å²) < 4.78 is 31.3. The average Bonchev–Trinajstić information content (AvgIpc) is 2.38. The number of hydrogen-bond donors (Lipinski definition) is 2. The molecule has 0 aliphatic carbocycles.